The van der Waals surface area contributed by atoms with Crippen LogP contribution in [0.15, 0.2) is 36.4 Å². The average Bonchev–Trinajstić information content (AvgIpc) is 2.40. The van der Waals surface area contributed by atoms with E-state index >= 15 is 0 Å². The van der Waals surface area contributed by atoms with Crippen molar-refractivity contribution in [3.05, 3.63) is 59.2 Å². The molecule has 19 heavy (non-hydrogen) atoms. The van der Waals surface area contributed by atoms with Gasteiger partial charge < -0.3 is 10.5 Å². The molecule has 2 rings (SSSR count). The molecular weight excluding hydrogens is 250 g/mol. The molecule has 0 saturated carbocycles. The predicted molar refractivity (Wildman–Crippen MR) is 66.3 cm³/mol. The number of rotatable bonds is 3. The van der Waals surface area contributed by atoms with Crippen LogP contribution in [0.25, 0.3) is 0 Å². The number of hydrogen-bond acceptors (Lipinski definition) is 3. The summed E-state index contributed by atoms with van der Waals surface area (Å²) in [6.07, 6.45) is 0. The van der Waals surface area contributed by atoms with E-state index in [2.05, 4.69) is 0 Å². The zero-order chi connectivity index (χ0) is 13.8. The number of para-hydroxylation sites is 1. The van der Waals surface area contributed by atoms with E-state index in [1.807, 2.05) is 0 Å². The second-order valence-electron chi connectivity index (χ2n) is 3.87. The summed E-state index contributed by atoms with van der Waals surface area (Å²) in [7, 11) is 0. The molecule has 0 atom stereocenters. The molecule has 0 aliphatic carbocycles. The number of nitrogens with two attached hydrogens (primary N) is 1. The maximum atomic E-state index is 13.4. The lowest BCUT2D eigenvalue weighted by molar-refractivity contribution is 0.292. The number of ether oxygens (including phenoxy) is 1. The molecule has 0 bridgehead atoms. The molecular formula is C14H10F2N2O. The Hall–Kier alpha value is -2.61. The molecule has 0 spiro atoms. The third kappa shape index (κ3) is 2.80. The van der Waals surface area contributed by atoms with Crippen LogP contribution in [-0.4, -0.2) is 0 Å². The quantitative estimate of drug-likeness (QED) is 0.863. The topological polar surface area (TPSA) is 59.0 Å². The first-order valence-electron chi connectivity index (χ1n) is 5.47. The second kappa shape index (κ2) is 5.36. The number of nitrogens with zero attached hydrogens (tertiary/aromatic N) is 1. The molecule has 2 N–H and O–H groups in total. The van der Waals surface area contributed by atoms with Crippen molar-refractivity contribution in [2.45, 2.75) is 6.61 Å². The summed E-state index contributed by atoms with van der Waals surface area (Å²) in [5, 5.41) is 8.71. The van der Waals surface area contributed by atoms with Gasteiger partial charge in [-0.25, -0.2) is 8.78 Å². The van der Waals surface area contributed by atoms with Crippen LogP contribution >= 0.6 is 0 Å². The van der Waals surface area contributed by atoms with Gasteiger partial charge in [0.2, 0.25) is 0 Å². The Morgan fingerprint density at radius 1 is 1.16 bits per heavy atom. The molecule has 0 aliphatic rings. The van der Waals surface area contributed by atoms with E-state index < -0.39 is 11.6 Å². The first kappa shape index (κ1) is 12.8. The van der Waals surface area contributed by atoms with Crippen molar-refractivity contribution in [3.63, 3.8) is 0 Å². The Bertz CT molecular complexity index is 630. The SMILES string of the molecule is N#Cc1cc(COc2c(N)cccc2F)ccc1F. The van der Waals surface area contributed by atoms with Crippen LogP contribution in [0, 0.1) is 23.0 Å². The molecule has 5 heteroatoms. The fraction of sp³-hybridized carbons (Fsp3) is 0.0714. The van der Waals surface area contributed by atoms with E-state index in [0.717, 1.165) is 0 Å². The molecule has 2 aromatic carbocycles. The summed E-state index contributed by atoms with van der Waals surface area (Å²) in [6, 6.07) is 9.94. The number of nitrogen functional groups attached to an aromatic ring is 1. The van der Waals surface area contributed by atoms with Gasteiger partial charge in [0.15, 0.2) is 11.6 Å². The lowest BCUT2D eigenvalue weighted by Gasteiger charge is -2.10. The predicted octanol–water partition coefficient (Wildman–Crippen LogP) is 3.00. The highest BCUT2D eigenvalue weighted by Crippen LogP contribution is 2.25. The molecule has 0 saturated heterocycles. The minimum atomic E-state index is -0.600. The minimum Gasteiger partial charge on any atom is -0.484 e. The third-order valence-electron chi connectivity index (χ3n) is 2.53. The third-order valence-corrected chi connectivity index (χ3v) is 2.53. The molecule has 0 heterocycles. The molecule has 0 amide bonds. The van der Waals surface area contributed by atoms with Crippen molar-refractivity contribution in [3.8, 4) is 11.8 Å². The summed E-state index contributed by atoms with van der Waals surface area (Å²) in [6.45, 7) is 0.0000926. The zero-order valence-corrected chi connectivity index (χ0v) is 9.86. The monoisotopic (exact) mass is 260 g/mol. The van der Waals surface area contributed by atoms with E-state index in [1.165, 1.54) is 36.4 Å². The second-order valence-corrected chi connectivity index (χ2v) is 3.87. The van der Waals surface area contributed by atoms with Crippen molar-refractivity contribution in [2.24, 2.45) is 0 Å². The van der Waals surface area contributed by atoms with Crippen LogP contribution in [0.5, 0.6) is 5.75 Å². The summed E-state index contributed by atoms with van der Waals surface area (Å²) < 4.78 is 31.8. The lowest BCUT2D eigenvalue weighted by atomic mass is 10.1. The maximum absolute atomic E-state index is 13.4. The van der Waals surface area contributed by atoms with Gasteiger partial charge in [-0.2, -0.15) is 5.26 Å². The van der Waals surface area contributed by atoms with Crippen molar-refractivity contribution < 1.29 is 13.5 Å². The fourth-order valence-corrected chi connectivity index (χ4v) is 1.58. The number of hydrogen-bond donors (Lipinski definition) is 1. The van der Waals surface area contributed by atoms with Gasteiger partial charge in [0.05, 0.1) is 11.3 Å². The standard InChI is InChI=1S/C14H10F2N2O/c15-11-5-4-9(6-10(11)7-17)8-19-14-12(16)2-1-3-13(14)18/h1-6H,8,18H2. The van der Waals surface area contributed by atoms with E-state index in [-0.39, 0.29) is 23.6 Å². The van der Waals surface area contributed by atoms with Gasteiger partial charge in [-0.3, -0.25) is 0 Å². The van der Waals surface area contributed by atoms with Gasteiger partial charge in [0.1, 0.15) is 18.5 Å². The number of anilines is 1. The van der Waals surface area contributed by atoms with Crippen molar-refractivity contribution >= 4 is 5.69 Å². The van der Waals surface area contributed by atoms with E-state index in [1.54, 1.807) is 6.07 Å². The highest BCUT2D eigenvalue weighted by molar-refractivity contribution is 5.52. The minimum absolute atomic E-state index is 0.0000926. The van der Waals surface area contributed by atoms with Crippen LogP contribution in [0.2, 0.25) is 0 Å². The number of nitriles is 1. The summed E-state index contributed by atoms with van der Waals surface area (Å²) >= 11 is 0. The Morgan fingerprint density at radius 3 is 2.63 bits per heavy atom. The molecule has 0 radical (unpaired) electrons. The maximum Gasteiger partial charge on any atom is 0.178 e. The molecule has 0 unspecified atom stereocenters. The largest absolute Gasteiger partial charge is 0.484 e. The Morgan fingerprint density at radius 2 is 1.95 bits per heavy atom. The average molecular weight is 260 g/mol. The van der Waals surface area contributed by atoms with E-state index in [9.17, 15) is 8.78 Å². The van der Waals surface area contributed by atoms with Gasteiger partial charge in [-0.05, 0) is 29.8 Å². The van der Waals surface area contributed by atoms with Gasteiger partial charge in [0, 0.05) is 0 Å². The van der Waals surface area contributed by atoms with Crippen LogP contribution in [-0.2, 0) is 6.61 Å². The molecule has 96 valence electrons. The van der Waals surface area contributed by atoms with Crippen molar-refractivity contribution in [1.29, 1.82) is 5.26 Å². The van der Waals surface area contributed by atoms with Gasteiger partial charge in [-0.15, -0.1) is 0 Å². The summed E-state index contributed by atoms with van der Waals surface area (Å²) in [4.78, 5) is 0. The van der Waals surface area contributed by atoms with Gasteiger partial charge >= 0.3 is 0 Å². The number of halogens is 2. The highest BCUT2D eigenvalue weighted by Gasteiger charge is 2.08. The first-order chi connectivity index (χ1) is 9.11. The summed E-state index contributed by atoms with van der Waals surface area (Å²) in [5.41, 5.74) is 6.25. The molecule has 0 fully saturated rings. The molecule has 2 aromatic rings. The Balaban J connectivity index is 2.17. The van der Waals surface area contributed by atoms with Crippen molar-refractivity contribution in [2.75, 3.05) is 5.73 Å². The Kier molecular flexibility index (Phi) is 3.62. The molecule has 0 aliphatic heterocycles. The normalized spacial score (nSPS) is 9.95. The van der Waals surface area contributed by atoms with E-state index in [4.69, 9.17) is 15.7 Å². The fourth-order valence-electron chi connectivity index (χ4n) is 1.58. The van der Waals surface area contributed by atoms with Gasteiger partial charge in [0.25, 0.3) is 0 Å². The number of benzene rings is 2. The van der Waals surface area contributed by atoms with Gasteiger partial charge in [-0.1, -0.05) is 12.1 Å². The summed E-state index contributed by atoms with van der Waals surface area (Å²) in [5.74, 6) is -1.22. The van der Waals surface area contributed by atoms with Crippen LogP contribution < -0.4 is 10.5 Å². The Labute approximate surface area is 108 Å². The molecule has 3 nitrogen and oxygen atoms in total. The van der Waals surface area contributed by atoms with Crippen LogP contribution in [0.4, 0.5) is 14.5 Å². The van der Waals surface area contributed by atoms with Crippen molar-refractivity contribution in [1.82, 2.24) is 0 Å². The molecule has 0 aromatic heterocycles. The van der Waals surface area contributed by atoms with E-state index in [0.29, 0.717) is 5.56 Å². The van der Waals surface area contributed by atoms with Crippen LogP contribution in [0.3, 0.4) is 0 Å². The smallest absolute Gasteiger partial charge is 0.178 e. The zero-order valence-electron chi connectivity index (χ0n) is 9.86. The first-order valence-corrected chi connectivity index (χ1v) is 5.47. The lowest BCUT2D eigenvalue weighted by Crippen LogP contribution is -2.01. The van der Waals surface area contributed by atoms with Crippen LogP contribution in [0.1, 0.15) is 11.1 Å². The highest BCUT2D eigenvalue weighted by atomic mass is 19.1.